The van der Waals surface area contributed by atoms with E-state index in [0.29, 0.717) is 12.1 Å². The molecule has 16 heavy (non-hydrogen) atoms. The van der Waals surface area contributed by atoms with Crippen LogP contribution in [0.1, 0.15) is 46.6 Å². The zero-order valence-electron chi connectivity index (χ0n) is 11.3. The molecule has 0 bridgehead atoms. The first-order chi connectivity index (χ1) is 7.56. The van der Waals surface area contributed by atoms with Crippen LogP contribution in [0, 0.1) is 0 Å². The molecular weight excluding hydrogens is 196 g/mol. The molecule has 0 aliphatic carbocycles. The van der Waals surface area contributed by atoms with Gasteiger partial charge in [-0.15, -0.1) is 0 Å². The van der Waals surface area contributed by atoms with Gasteiger partial charge in [-0.05, 0) is 18.1 Å². The van der Waals surface area contributed by atoms with Gasteiger partial charge in [0.1, 0.15) is 0 Å². The number of aromatic nitrogens is 1. The number of pyridine rings is 1. The van der Waals surface area contributed by atoms with Crippen molar-refractivity contribution in [3.05, 3.63) is 30.1 Å². The lowest BCUT2D eigenvalue weighted by Crippen LogP contribution is -2.29. The minimum Gasteiger partial charge on any atom is -0.312 e. The molecule has 92 valence electrons. The molecule has 0 saturated carbocycles. The van der Waals surface area contributed by atoms with Gasteiger partial charge in [0.15, 0.2) is 0 Å². The van der Waals surface area contributed by atoms with E-state index in [2.05, 4.69) is 51.0 Å². The maximum Gasteiger partial charge on any atom is 0.0299 e. The van der Waals surface area contributed by atoms with Crippen LogP contribution in [-0.2, 0) is 6.42 Å². The molecule has 1 N–H and O–H groups in total. The third-order valence-electron chi connectivity index (χ3n) is 1.93. The fourth-order valence-corrected chi connectivity index (χ4v) is 1.50. The molecule has 1 heterocycles. The number of hydrogen-bond acceptors (Lipinski definition) is 2. The monoisotopic (exact) mass is 222 g/mol. The molecular formula is C14H26N2. The topological polar surface area (TPSA) is 24.9 Å². The summed E-state index contributed by atoms with van der Waals surface area (Å²) in [4.78, 5) is 4.00. The molecule has 1 rings (SSSR count). The SMILES string of the molecule is CC(C)NC(C)C.CCCc1cccnc1. The van der Waals surface area contributed by atoms with Gasteiger partial charge >= 0.3 is 0 Å². The van der Waals surface area contributed by atoms with E-state index in [1.807, 2.05) is 12.3 Å². The largest absolute Gasteiger partial charge is 0.312 e. The Morgan fingerprint density at radius 1 is 1.19 bits per heavy atom. The fourth-order valence-electron chi connectivity index (χ4n) is 1.50. The normalized spacial score (nSPS) is 10.2. The second-order valence-electron chi connectivity index (χ2n) is 4.59. The first-order valence-electron chi connectivity index (χ1n) is 6.21. The summed E-state index contributed by atoms with van der Waals surface area (Å²) in [6, 6.07) is 5.33. The highest BCUT2D eigenvalue weighted by Gasteiger charge is 1.92. The maximum absolute atomic E-state index is 4.00. The Hall–Kier alpha value is -0.890. The number of aryl methyl sites for hydroxylation is 1. The van der Waals surface area contributed by atoms with E-state index >= 15 is 0 Å². The van der Waals surface area contributed by atoms with Crippen molar-refractivity contribution in [2.45, 2.75) is 59.5 Å². The fraction of sp³-hybridized carbons (Fsp3) is 0.643. The van der Waals surface area contributed by atoms with E-state index < -0.39 is 0 Å². The number of hydrogen-bond donors (Lipinski definition) is 1. The predicted molar refractivity (Wildman–Crippen MR) is 71.6 cm³/mol. The number of rotatable bonds is 4. The van der Waals surface area contributed by atoms with E-state index in [9.17, 15) is 0 Å². The van der Waals surface area contributed by atoms with E-state index in [4.69, 9.17) is 0 Å². The average molecular weight is 222 g/mol. The molecule has 0 fully saturated rings. The Morgan fingerprint density at radius 3 is 2.12 bits per heavy atom. The number of nitrogens with one attached hydrogen (secondary N) is 1. The summed E-state index contributed by atoms with van der Waals surface area (Å²) in [5.41, 5.74) is 1.33. The first kappa shape index (κ1) is 15.1. The summed E-state index contributed by atoms with van der Waals surface area (Å²) in [6.07, 6.45) is 6.07. The van der Waals surface area contributed by atoms with Crippen LogP contribution >= 0.6 is 0 Å². The summed E-state index contributed by atoms with van der Waals surface area (Å²) >= 11 is 0. The summed E-state index contributed by atoms with van der Waals surface area (Å²) in [5, 5.41) is 3.31. The van der Waals surface area contributed by atoms with Crippen molar-refractivity contribution in [3.63, 3.8) is 0 Å². The van der Waals surface area contributed by atoms with E-state index in [0.717, 1.165) is 6.42 Å². The predicted octanol–water partition coefficient (Wildman–Crippen LogP) is 3.43. The molecule has 2 nitrogen and oxygen atoms in total. The standard InChI is InChI=1S/C8H11N.C6H15N/c1-2-4-8-5-3-6-9-7-8;1-5(2)7-6(3)4/h3,5-7H,2,4H2,1H3;5-7H,1-4H3. The van der Waals surface area contributed by atoms with Gasteiger partial charge in [0.2, 0.25) is 0 Å². The van der Waals surface area contributed by atoms with Crippen molar-refractivity contribution in [2.75, 3.05) is 0 Å². The molecule has 0 radical (unpaired) electrons. The molecule has 0 aliphatic rings. The lowest BCUT2D eigenvalue weighted by Gasteiger charge is -2.10. The lowest BCUT2D eigenvalue weighted by molar-refractivity contribution is 0.518. The summed E-state index contributed by atoms with van der Waals surface area (Å²) in [7, 11) is 0. The highest BCUT2D eigenvalue weighted by Crippen LogP contribution is 1.98. The van der Waals surface area contributed by atoms with Crippen molar-refractivity contribution >= 4 is 0 Å². The Kier molecular flexibility index (Phi) is 8.82. The van der Waals surface area contributed by atoms with Gasteiger partial charge in [-0.25, -0.2) is 0 Å². The molecule has 0 aliphatic heterocycles. The summed E-state index contributed by atoms with van der Waals surface area (Å²) in [5.74, 6) is 0. The quantitative estimate of drug-likeness (QED) is 0.844. The molecule has 0 amide bonds. The first-order valence-corrected chi connectivity index (χ1v) is 6.21. The van der Waals surface area contributed by atoms with Gasteiger partial charge in [-0.2, -0.15) is 0 Å². The van der Waals surface area contributed by atoms with Gasteiger partial charge in [-0.1, -0.05) is 47.1 Å². The molecule has 0 spiro atoms. The van der Waals surface area contributed by atoms with Crippen molar-refractivity contribution in [1.82, 2.24) is 10.3 Å². The Balaban J connectivity index is 0.000000293. The van der Waals surface area contributed by atoms with Gasteiger partial charge < -0.3 is 5.32 Å². The third-order valence-corrected chi connectivity index (χ3v) is 1.93. The molecule has 1 aromatic heterocycles. The van der Waals surface area contributed by atoms with Crippen LogP contribution in [0.25, 0.3) is 0 Å². The van der Waals surface area contributed by atoms with Gasteiger partial charge in [0, 0.05) is 24.5 Å². The lowest BCUT2D eigenvalue weighted by atomic mass is 10.2. The second-order valence-corrected chi connectivity index (χ2v) is 4.59. The highest BCUT2D eigenvalue weighted by molar-refractivity contribution is 5.07. The van der Waals surface area contributed by atoms with Crippen LogP contribution in [-0.4, -0.2) is 17.1 Å². The van der Waals surface area contributed by atoms with Crippen molar-refractivity contribution in [2.24, 2.45) is 0 Å². The van der Waals surface area contributed by atoms with E-state index in [1.54, 1.807) is 6.20 Å². The smallest absolute Gasteiger partial charge is 0.0299 e. The van der Waals surface area contributed by atoms with Crippen LogP contribution in [0.3, 0.4) is 0 Å². The van der Waals surface area contributed by atoms with Crippen LogP contribution in [0.4, 0.5) is 0 Å². The maximum atomic E-state index is 4.00. The average Bonchev–Trinajstić information content (AvgIpc) is 2.18. The molecule has 0 atom stereocenters. The van der Waals surface area contributed by atoms with Crippen LogP contribution in [0.5, 0.6) is 0 Å². The zero-order chi connectivity index (χ0) is 12.4. The highest BCUT2D eigenvalue weighted by atomic mass is 14.9. The molecule has 0 saturated heterocycles. The molecule has 1 aromatic rings. The minimum atomic E-state index is 0.625. The van der Waals surface area contributed by atoms with Gasteiger partial charge in [-0.3, -0.25) is 4.98 Å². The van der Waals surface area contributed by atoms with Crippen LogP contribution < -0.4 is 5.32 Å². The molecule has 0 aromatic carbocycles. The molecule has 0 unspecified atom stereocenters. The van der Waals surface area contributed by atoms with Gasteiger partial charge in [0.25, 0.3) is 0 Å². The van der Waals surface area contributed by atoms with Crippen LogP contribution in [0.2, 0.25) is 0 Å². The Morgan fingerprint density at radius 2 is 1.81 bits per heavy atom. The Labute approximate surface area is 100 Å². The van der Waals surface area contributed by atoms with Gasteiger partial charge in [0.05, 0.1) is 0 Å². The van der Waals surface area contributed by atoms with Crippen molar-refractivity contribution in [1.29, 1.82) is 0 Å². The summed E-state index contributed by atoms with van der Waals surface area (Å²) < 4.78 is 0. The number of nitrogens with zero attached hydrogens (tertiary/aromatic N) is 1. The third kappa shape index (κ3) is 9.66. The van der Waals surface area contributed by atoms with E-state index in [1.165, 1.54) is 12.0 Å². The minimum absolute atomic E-state index is 0.625. The zero-order valence-corrected chi connectivity index (χ0v) is 11.3. The van der Waals surface area contributed by atoms with Crippen molar-refractivity contribution < 1.29 is 0 Å². The van der Waals surface area contributed by atoms with Crippen molar-refractivity contribution in [3.8, 4) is 0 Å². The second kappa shape index (κ2) is 9.34. The Bertz CT molecular complexity index is 236. The molecule has 2 heteroatoms. The summed E-state index contributed by atoms with van der Waals surface area (Å²) in [6.45, 7) is 10.8. The van der Waals surface area contributed by atoms with E-state index in [-0.39, 0.29) is 0 Å². The van der Waals surface area contributed by atoms with Crippen LogP contribution in [0.15, 0.2) is 24.5 Å².